The molecular weight excluding hydrogens is 1810 g/mol. The second-order valence-corrected chi connectivity index (χ2v) is 31.6. The molecule has 7 aromatic rings. The molecule has 0 spiro atoms. The Kier molecular flexibility index (Phi) is 37.2. The first-order valence-electron chi connectivity index (χ1n) is 44.2. The molecule has 3 aromatic heterocycles. The van der Waals surface area contributed by atoms with E-state index in [0.29, 0.717) is 62.1 Å². The second-order valence-electron chi connectivity index (χ2n) is 31.6. The minimum absolute atomic E-state index is 0.0212. The van der Waals surface area contributed by atoms with Crippen LogP contribution in [0.3, 0.4) is 0 Å². The molecule has 736 valence electrons. The number of hydrogen-bond acceptors (Lipinski definition) is 38. The molecule has 0 aliphatic carbocycles. The van der Waals surface area contributed by atoms with E-state index < -0.39 is 184 Å². The normalized spacial score (nSPS) is 21.3. The summed E-state index contributed by atoms with van der Waals surface area (Å²) in [6, 6.07) is 40.3. The Hall–Kier alpha value is -13.8. The van der Waals surface area contributed by atoms with Crippen molar-refractivity contribution >= 4 is 118 Å². The second kappa shape index (κ2) is 49.8. The average molecular weight is 1920 g/mol. The Morgan fingerprint density at radius 2 is 0.478 bits per heavy atom. The molecule has 0 amide bonds. The van der Waals surface area contributed by atoms with E-state index in [1.165, 1.54) is 20.8 Å². The Morgan fingerprint density at radius 1 is 0.254 bits per heavy atom. The highest BCUT2D eigenvalue weighted by Crippen LogP contribution is 2.42. The Balaban J connectivity index is 0.805. The first-order valence-corrected chi connectivity index (χ1v) is 44.2. The van der Waals surface area contributed by atoms with E-state index in [1.807, 2.05) is 152 Å². The maximum Gasteiger partial charge on any atom is 0.303 e. The first kappa shape index (κ1) is 103. The van der Waals surface area contributed by atoms with Crippen molar-refractivity contribution in [3.8, 4) is 61.8 Å². The van der Waals surface area contributed by atoms with Crippen LogP contribution in [-0.4, -0.2) is 283 Å². The van der Waals surface area contributed by atoms with Crippen LogP contribution in [0.4, 0.5) is 0 Å². The lowest BCUT2D eigenvalue weighted by molar-refractivity contribution is -0.309. The zero-order valence-corrected chi connectivity index (χ0v) is 77.8. The van der Waals surface area contributed by atoms with Gasteiger partial charge >= 0.3 is 71.6 Å². The fraction of sp³-hybridized carbons (Fsp3) is 0.429. The predicted octanol–water partition coefficient (Wildman–Crippen LogP) is 9.81. The number of H-pyrrole nitrogens is 2. The van der Waals surface area contributed by atoms with Gasteiger partial charge in [-0.2, -0.15) is 0 Å². The number of benzene rings is 4. The van der Waals surface area contributed by atoms with Crippen molar-refractivity contribution in [2.24, 2.45) is 0 Å². The van der Waals surface area contributed by atoms with E-state index in [0.717, 1.165) is 107 Å². The van der Waals surface area contributed by atoms with Crippen molar-refractivity contribution in [1.82, 2.24) is 19.9 Å². The molecule has 12 rings (SSSR count). The van der Waals surface area contributed by atoms with Crippen LogP contribution in [0.2, 0.25) is 0 Å². The van der Waals surface area contributed by atoms with E-state index in [4.69, 9.17) is 124 Å². The summed E-state index contributed by atoms with van der Waals surface area (Å²) in [5.74, 6) is -7.56. The number of carbonyl (C=O) groups is 12. The number of esters is 12. The molecule has 0 saturated carbocycles. The van der Waals surface area contributed by atoms with Crippen molar-refractivity contribution in [3.63, 3.8) is 0 Å². The Bertz CT molecular complexity index is 5550. The standard InChI is InChI=1S/C98H108N4O36/c1-53(103)124-50-80-87(127-56(4)106)90(130-59(7)109)93(133-62(10)112)96(136-80)121-47-41-115-38-44-118-69-24-18-66(19-25-69)84-74-32-30-72(99-74)83(65-16-14-13-15-17-65)73-31-33-75(100-73)85(67-20-26-70(27-21-67)119-45-39-116-42-48-122-97-94(134-63(11)113)91(131-60(8)110)88(128-57(5)107)81(137-97)51-125-54(2)104)77-35-37-79(102-77)86(78-36-34-76(84)101-78)68-22-28-71(29-23-68)120-46-40-117-43-49-123-98-95(135-64(12)114)92(132-61(9)111)89(129-58(6)108)82(138-98)52-126-55(3)105/h13-37,80-82,87-99,102H,38-52H2,1-12H3/t80-,81-,82-,87+,88+,89+,90+,91+,92+,93-,94-,95-,96-,97-,98-/m1/s1. The first-order chi connectivity index (χ1) is 66.3. The van der Waals surface area contributed by atoms with Crippen LogP contribution in [0.5, 0.6) is 17.2 Å². The zero-order chi connectivity index (χ0) is 98.6. The van der Waals surface area contributed by atoms with Gasteiger partial charge in [-0.3, -0.25) is 57.5 Å². The number of fused-ring (bicyclic) bond motifs is 8. The van der Waals surface area contributed by atoms with E-state index in [1.54, 1.807) is 0 Å². The average Bonchev–Trinajstić information content (AvgIpc) is 1.64. The third kappa shape index (κ3) is 28.9. The van der Waals surface area contributed by atoms with Gasteiger partial charge in [0.15, 0.2) is 73.8 Å². The molecule has 5 aliphatic rings. The van der Waals surface area contributed by atoms with Gasteiger partial charge in [0.1, 0.15) is 75.2 Å². The molecule has 3 saturated heterocycles. The smallest absolute Gasteiger partial charge is 0.303 e. The lowest BCUT2D eigenvalue weighted by Gasteiger charge is -2.44. The van der Waals surface area contributed by atoms with Crippen molar-refractivity contribution < 1.29 is 171 Å². The third-order valence-electron chi connectivity index (χ3n) is 21.1. The Labute approximate surface area is 791 Å². The molecule has 15 atom stereocenters. The maximum absolute atomic E-state index is 12.4. The van der Waals surface area contributed by atoms with Gasteiger partial charge in [0.2, 0.25) is 0 Å². The number of hydrogen-bond donors (Lipinski definition) is 2. The van der Waals surface area contributed by atoms with E-state index in [2.05, 4.69) is 9.97 Å². The summed E-state index contributed by atoms with van der Waals surface area (Å²) in [6.45, 7) is 12.3. The fourth-order valence-corrected chi connectivity index (χ4v) is 15.8. The highest BCUT2D eigenvalue weighted by molar-refractivity contribution is 6.00. The molecule has 138 heavy (non-hydrogen) atoms. The van der Waals surface area contributed by atoms with Crippen LogP contribution in [0.25, 0.3) is 90.9 Å². The molecule has 8 bridgehead atoms. The van der Waals surface area contributed by atoms with Gasteiger partial charge in [-0.25, -0.2) is 9.97 Å². The summed E-state index contributed by atoms with van der Waals surface area (Å²) < 4.78 is 138. The summed E-state index contributed by atoms with van der Waals surface area (Å²) in [7, 11) is 0. The van der Waals surface area contributed by atoms with Crippen LogP contribution in [0, 0.1) is 0 Å². The van der Waals surface area contributed by atoms with Crippen LogP contribution < -0.4 is 14.2 Å². The molecule has 2 N–H and O–H groups in total. The van der Waals surface area contributed by atoms with Crippen molar-refractivity contribution in [1.29, 1.82) is 0 Å². The summed E-state index contributed by atoms with van der Waals surface area (Å²) >= 11 is 0. The summed E-state index contributed by atoms with van der Waals surface area (Å²) in [4.78, 5) is 166. The lowest BCUT2D eigenvalue weighted by Crippen LogP contribution is -2.63. The number of aromatic nitrogens is 4. The number of nitrogens with zero attached hydrogens (tertiary/aromatic N) is 2. The minimum Gasteiger partial charge on any atom is -0.491 e. The quantitative estimate of drug-likeness (QED) is 0.0204. The van der Waals surface area contributed by atoms with E-state index in [9.17, 15) is 57.5 Å². The van der Waals surface area contributed by atoms with Gasteiger partial charge < -0.3 is 124 Å². The van der Waals surface area contributed by atoms with Crippen molar-refractivity contribution in [2.75, 3.05) is 99.1 Å². The summed E-state index contributed by atoms with van der Waals surface area (Å²) in [5.41, 5.74) is 11.3. The largest absolute Gasteiger partial charge is 0.491 e. The van der Waals surface area contributed by atoms with E-state index in [-0.39, 0.29) is 79.3 Å². The highest BCUT2D eigenvalue weighted by Gasteiger charge is 2.56. The molecular formula is C98H108N4O36. The SMILES string of the molecule is CC(=O)OC[C@H]1O[C@@H](OCCOCCOc2ccc(-c3c4nc(c(-c5ccc(OCCOCCO[C@@H]6O[C@H](COC(C)=O)[C@H](OC(C)=O)[C@H](OC(C)=O)[C@H]6OC(C)=O)cc5)c5ccc([nH]5)c(-c5ccc(OCCOCCO[C@@H]6O[C@H](COC(C)=O)[C@H](OC(C)=O)[C@H](OC(C)=O)[C@H]6OC(C)=O)cc5)c5nc(c(-c6ccccc6)c6ccc3[nH]6)C=C5)C=C4)cc2)[C@H](OC(C)=O)[C@@H](OC(C)=O)[C@H]1OC(C)=O. The van der Waals surface area contributed by atoms with Gasteiger partial charge in [0, 0.05) is 127 Å². The fourth-order valence-electron chi connectivity index (χ4n) is 15.8. The Morgan fingerprint density at radius 3 is 0.717 bits per heavy atom. The van der Waals surface area contributed by atoms with Gasteiger partial charge in [0.05, 0.1) is 82.2 Å². The van der Waals surface area contributed by atoms with Crippen LogP contribution in [0.1, 0.15) is 106 Å². The number of nitrogens with one attached hydrogen (secondary N) is 2. The molecule has 0 unspecified atom stereocenters. The molecule has 40 nitrogen and oxygen atoms in total. The van der Waals surface area contributed by atoms with Crippen LogP contribution in [0.15, 0.2) is 127 Å². The summed E-state index contributed by atoms with van der Waals surface area (Å²) in [6.07, 6.45) is -12.6. The van der Waals surface area contributed by atoms with Gasteiger partial charge in [-0.05, 0) is 107 Å². The minimum atomic E-state index is -1.43. The van der Waals surface area contributed by atoms with Crippen molar-refractivity contribution in [3.05, 3.63) is 150 Å². The number of aromatic amines is 2. The monoisotopic (exact) mass is 1920 g/mol. The molecule has 3 fully saturated rings. The van der Waals surface area contributed by atoms with Crippen LogP contribution >= 0.6 is 0 Å². The molecule has 5 aliphatic heterocycles. The van der Waals surface area contributed by atoms with Crippen LogP contribution in [-0.2, 0) is 157 Å². The van der Waals surface area contributed by atoms with Gasteiger partial charge in [-0.1, -0.05) is 66.7 Å². The molecule has 0 radical (unpaired) electrons. The zero-order valence-electron chi connectivity index (χ0n) is 77.8. The number of ether oxygens (including phenoxy) is 24. The molecule has 8 heterocycles. The molecule has 40 heteroatoms. The number of rotatable bonds is 43. The predicted molar refractivity (Wildman–Crippen MR) is 483 cm³/mol. The third-order valence-corrected chi connectivity index (χ3v) is 21.1. The van der Waals surface area contributed by atoms with E-state index >= 15 is 0 Å². The van der Waals surface area contributed by atoms with Crippen molar-refractivity contribution in [2.45, 2.75) is 175 Å². The van der Waals surface area contributed by atoms with Gasteiger partial charge in [-0.15, -0.1) is 0 Å². The van der Waals surface area contributed by atoms with Gasteiger partial charge in [0.25, 0.3) is 0 Å². The topological polar surface area (TPSA) is 484 Å². The summed E-state index contributed by atoms with van der Waals surface area (Å²) in [5, 5.41) is 0. The number of carbonyl (C=O) groups excluding carboxylic acids is 12. The maximum atomic E-state index is 12.4. The molecule has 4 aromatic carbocycles. The highest BCUT2D eigenvalue weighted by atomic mass is 16.8. The lowest BCUT2D eigenvalue weighted by atomic mass is 9.98.